The normalized spacial score (nSPS) is 12.5. The maximum Gasteiger partial charge on any atom is 0.224 e. The largest absolute Gasteiger partial charge is 0.330 e. The Bertz CT molecular complexity index is 393. The van der Waals surface area contributed by atoms with Crippen LogP contribution in [0.5, 0.6) is 0 Å². The third-order valence-corrected chi connectivity index (χ3v) is 2.72. The zero-order valence-electron chi connectivity index (χ0n) is 10.9. The first-order valence-corrected chi connectivity index (χ1v) is 6.26. The molecular formula is C14H21FN2O. The maximum atomic E-state index is 12.9. The van der Waals surface area contributed by atoms with Crippen molar-refractivity contribution in [3.63, 3.8) is 0 Å². The Balaban J connectivity index is 2.50. The summed E-state index contributed by atoms with van der Waals surface area (Å²) in [7, 11) is 0. The molecule has 0 spiro atoms. The minimum Gasteiger partial charge on any atom is -0.330 e. The predicted octanol–water partition coefficient (Wildman–Crippen LogP) is 2.78. The van der Waals surface area contributed by atoms with Crippen LogP contribution in [0.3, 0.4) is 0 Å². The summed E-state index contributed by atoms with van der Waals surface area (Å²) >= 11 is 0. The second-order valence-corrected chi connectivity index (χ2v) is 4.99. The van der Waals surface area contributed by atoms with Crippen molar-refractivity contribution in [2.45, 2.75) is 26.7 Å². The van der Waals surface area contributed by atoms with E-state index < -0.39 is 0 Å². The van der Waals surface area contributed by atoms with E-state index in [4.69, 9.17) is 5.73 Å². The molecule has 3 nitrogen and oxygen atoms in total. The second-order valence-electron chi connectivity index (χ2n) is 4.99. The molecule has 1 amide bonds. The minimum atomic E-state index is -0.356. The standard InChI is InChI=1S/C14H21FN2O/c1-10(2)6-11(9-16)7-14(18)17-13-5-3-4-12(15)8-13/h3-5,8,10-11H,6-7,9,16H2,1-2H3,(H,17,18)/t11-/m0/s1. The first kappa shape index (κ1) is 14.6. The highest BCUT2D eigenvalue weighted by Gasteiger charge is 2.14. The molecule has 0 radical (unpaired) electrons. The number of carbonyl (C=O) groups excluding carboxylic acids is 1. The number of nitrogens with two attached hydrogens (primary N) is 1. The third kappa shape index (κ3) is 5.27. The average Bonchev–Trinajstić information content (AvgIpc) is 2.27. The van der Waals surface area contributed by atoms with Gasteiger partial charge < -0.3 is 11.1 Å². The Kier molecular flexibility index (Phi) is 5.78. The van der Waals surface area contributed by atoms with Crippen LogP contribution in [0.15, 0.2) is 24.3 Å². The lowest BCUT2D eigenvalue weighted by atomic mass is 9.94. The molecule has 4 heteroatoms. The fraction of sp³-hybridized carbons (Fsp3) is 0.500. The number of rotatable bonds is 6. The van der Waals surface area contributed by atoms with Crippen LogP contribution in [0, 0.1) is 17.7 Å². The van der Waals surface area contributed by atoms with Crippen LogP contribution in [0.1, 0.15) is 26.7 Å². The summed E-state index contributed by atoms with van der Waals surface area (Å²) in [5.74, 6) is 0.223. The molecule has 0 aliphatic rings. The van der Waals surface area contributed by atoms with Gasteiger partial charge in [0.05, 0.1) is 0 Å². The fourth-order valence-electron chi connectivity index (χ4n) is 1.97. The highest BCUT2D eigenvalue weighted by molar-refractivity contribution is 5.90. The molecule has 0 aromatic heterocycles. The van der Waals surface area contributed by atoms with E-state index >= 15 is 0 Å². The van der Waals surface area contributed by atoms with Gasteiger partial charge in [0.25, 0.3) is 0 Å². The number of amides is 1. The van der Waals surface area contributed by atoms with E-state index in [2.05, 4.69) is 19.2 Å². The van der Waals surface area contributed by atoms with E-state index in [9.17, 15) is 9.18 Å². The van der Waals surface area contributed by atoms with Gasteiger partial charge in [-0.1, -0.05) is 19.9 Å². The van der Waals surface area contributed by atoms with E-state index in [-0.39, 0.29) is 17.6 Å². The summed E-state index contributed by atoms with van der Waals surface area (Å²) in [6.07, 6.45) is 1.30. The quantitative estimate of drug-likeness (QED) is 0.818. The molecule has 1 atom stereocenters. The van der Waals surface area contributed by atoms with Crippen molar-refractivity contribution in [1.82, 2.24) is 0 Å². The average molecular weight is 252 g/mol. The Morgan fingerprint density at radius 2 is 2.17 bits per heavy atom. The van der Waals surface area contributed by atoms with Gasteiger partial charge in [0.1, 0.15) is 5.82 Å². The molecule has 0 saturated heterocycles. The number of nitrogens with one attached hydrogen (secondary N) is 1. The van der Waals surface area contributed by atoms with E-state index in [0.717, 1.165) is 6.42 Å². The molecule has 0 saturated carbocycles. The number of hydrogen-bond acceptors (Lipinski definition) is 2. The summed E-state index contributed by atoms with van der Waals surface area (Å²) in [5, 5.41) is 2.69. The lowest BCUT2D eigenvalue weighted by Crippen LogP contribution is -2.23. The highest BCUT2D eigenvalue weighted by Crippen LogP contribution is 2.16. The lowest BCUT2D eigenvalue weighted by Gasteiger charge is -2.16. The van der Waals surface area contributed by atoms with Gasteiger partial charge in [-0.15, -0.1) is 0 Å². The molecule has 1 aromatic rings. The summed E-state index contributed by atoms with van der Waals surface area (Å²) in [6.45, 7) is 4.70. The Morgan fingerprint density at radius 1 is 1.44 bits per heavy atom. The minimum absolute atomic E-state index is 0.114. The van der Waals surface area contributed by atoms with E-state index in [0.29, 0.717) is 24.6 Å². The van der Waals surface area contributed by atoms with Crippen LogP contribution < -0.4 is 11.1 Å². The van der Waals surface area contributed by atoms with Crippen molar-refractivity contribution in [1.29, 1.82) is 0 Å². The Morgan fingerprint density at radius 3 is 2.72 bits per heavy atom. The van der Waals surface area contributed by atoms with Crippen molar-refractivity contribution >= 4 is 11.6 Å². The van der Waals surface area contributed by atoms with Gasteiger partial charge in [-0.2, -0.15) is 0 Å². The smallest absolute Gasteiger partial charge is 0.224 e. The molecule has 0 unspecified atom stereocenters. The van der Waals surface area contributed by atoms with Crippen molar-refractivity contribution in [2.75, 3.05) is 11.9 Å². The number of benzene rings is 1. The number of halogens is 1. The first-order chi connectivity index (χ1) is 8.51. The van der Waals surface area contributed by atoms with Gasteiger partial charge >= 0.3 is 0 Å². The SMILES string of the molecule is CC(C)C[C@H](CN)CC(=O)Nc1cccc(F)c1. The van der Waals surface area contributed by atoms with Crippen LogP contribution >= 0.6 is 0 Å². The number of carbonyl (C=O) groups is 1. The Labute approximate surface area is 108 Å². The molecule has 1 aromatic carbocycles. The molecule has 18 heavy (non-hydrogen) atoms. The summed E-state index contributed by atoms with van der Waals surface area (Å²) in [5.41, 5.74) is 6.13. The molecule has 0 aliphatic heterocycles. The second kappa shape index (κ2) is 7.11. The Hall–Kier alpha value is -1.42. The number of hydrogen-bond donors (Lipinski definition) is 2. The molecule has 3 N–H and O–H groups in total. The van der Waals surface area contributed by atoms with Gasteiger partial charge in [0.2, 0.25) is 5.91 Å². The van der Waals surface area contributed by atoms with Crippen LogP contribution in [0.25, 0.3) is 0 Å². The third-order valence-electron chi connectivity index (χ3n) is 2.72. The van der Waals surface area contributed by atoms with Crippen molar-refractivity contribution in [3.8, 4) is 0 Å². The molecule has 0 bridgehead atoms. The van der Waals surface area contributed by atoms with E-state index in [1.807, 2.05) is 0 Å². The van der Waals surface area contributed by atoms with Crippen molar-refractivity contribution < 1.29 is 9.18 Å². The fourth-order valence-corrected chi connectivity index (χ4v) is 1.97. The van der Waals surface area contributed by atoms with Crippen LogP contribution in [0.2, 0.25) is 0 Å². The van der Waals surface area contributed by atoms with Crippen LogP contribution in [0.4, 0.5) is 10.1 Å². The zero-order valence-corrected chi connectivity index (χ0v) is 10.9. The van der Waals surface area contributed by atoms with Crippen LogP contribution in [-0.2, 0) is 4.79 Å². The van der Waals surface area contributed by atoms with Gasteiger partial charge in [0, 0.05) is 12.1 Å². The summed E-state index contributed by atoms with van der Waals surface area (Å²) in [4.78, 5) is 11.8. The maximum absolute atomic E-state index is 12.9. The molecule has 100 valence electrons. The predicted molar refractivity (Wildman–Crippen MR) is 71.6 cm³/mol. The molecule has 0 heterocycles. The van der Waals surface area contributed by atoms with Gasteiger partial charge in [0.15, 0.2) is 0 Å². The van der Waals surface area contributed by atoms with Gasteiger partial charge in [-0.25, -0.2) is 4.39 Å². The number of anilines is 1. The van der Waals surface area contributed by atoms with Crippen LogP contribution in [-0.4, -0.2) is 12.5 Å². The first-order valence-electron chi connectivity index (χ1n) is 6.26. The molecular weight excluding hydrogens is 231 g/mol. The van der Waals surface area contributed by atoms with E-state index in [1.54, 1.807) is 12.1 Å². The molecule has 0 fully saturated rings. The zero-order chi connectivity index (χ0) is 13.5. The molecule has 0 aliphatic carbocycles. The van der Waals surface area contributed by atoms with Gasteiger partial charge in [-0.3, -0.25) is 4.79 Å². The topological polar surface area (TPSA) is 55.1 Å². The van der Waals surface area contributed by atoms with Crippen molar-refractivity contribution in [2.24, 2.45) is 17.6 Å². The highest BCUT2D eigenvalue weighted by atomic mass is 19.1. The summed E-state index contributed by atoms with van der Waals surface area (Å²) < 4.78 is 12.9. The summed E-state index contributed by atoms with van der Waals surface area (Å²) in [6, 6.07) is 5.88. The monoisotopic (exact) mass is 252 g/mol. The van der Waals surface area contributed by atoms with Gasteiger partial charge in [-0.05, 0) is 43.0 Å². The van der Waals surface area contributed by atoms with E-state index in [1.165, 1.54) is 12.1 Å². The lowest BCUT2D eigenvalue weighted by molar-refractivity contribution is -0.117. The molecule has 1 rings (SSSR count). The van der Waals surface area contributed by atoms with Crippen molar-refractivity contribution in [3.05, 3.63) is 30.1 Å².